The van der Waals surface area contributed by atoms with E-state index in [1.54, 1.807) is 44.4 Å². The van der Waals surface area contributed by atoms with Gasteiger partial charge < -0.3 is 10.1 Å². The van der Waals surface area contributed by atoms with E-state index in [0.717, 1.165) is 10.6 Å². The highest BCUT2D eigenvalue weighted by Crippen LogP contribution is 2.26. The lowest BCUT2D eigenvalue weighted by Crippen LogP contribution is -2.15. The normalized spacial score (nSPS) is 11.1. The smallest absolute Gasteiger partial charge is 0.261 e. The summed E-state index contributed by atoms with van der Waals surface area (Å²) in [6, 6.07) is 18.4. The van der Waals surface area contributed by atoms with Gasteiger partial charge in [0.1, 0.15) is 5.75 Å². The van der Waals surface area contributed by atoms with Crippen LogP contribution in [0.3, 0.4) is 0 Å². The van der Waals surface area contributed by atoms with Crippen LogP contribution in [0.15, 0.2) is 76.5 Å². The summed E-state index contributed by atoms with van der Waals surface area (Å²) in [5.41, 5.74) is 1.57. The van der Waals surface area contributed by atoms with Crippen LogP contribution in [0.2, 0.25) is 5.02 Å². The lowest BCUT2D eigenvalue weighted by Gasteiger charge is -2.12. The van der Waals surface area contributed by atoms with E-state index in [9.17, 15) is 13.2 Å². The van der Waals surface area contributed by atoms with Crippen molar-refractivity contribution in [1.82, 2.24) is 0 Å². The third kappa shape index (κ3) is 6.16. The fraction of sp³-hybridized carbons (Fsp3) is 0.136. The Bertz CT molecular complexity index is 1170. The minimum atomic E-state index is -3.79. The SMILES string of the molecule is COc1ccc(SCC(=O)Nc2ccc(S(=O)(=O)Nc3cccc(Cl)c3C)cc2)cc1. The molecule has 1 amide bonds. The average molecular weight is 477 g/mol. The molecule has 0 aliphatic heterocycles. The minimum Gasteiger partial charge on any atom is -0.497 e. The molecule has 162 valence electrons. The summed E-state index contributed by atoms with van der Waals surface area (Å²) in [5, 5.41) is 3.24. The van der Waals surface area contributed by atoms with Crippen LogP contribution in [-0.2, 0) is 14.8 Å². The van der Waals surface area contributed by atoms with Crippen molar-refractivity contribution in [2.75, 3.05) is 22.9 Å². The predicted molar refractivity (Wildman–Crippen MR) is 126 cm³/mol. The van der Waals surface area contributed by atoms with Crippen LogP contribution >= 0.6 is 23.4 Å². The lowest BCUT2D eigenvalue weighted by molar-refractivity contribution is -0.113. The molecule has 6 nitrogen and oxygen atoms in total. The maximum absolute atomic E-state index is 12.6. The molecule has 0 saturated carbocycles. The first kappa shape index (κ1) is 23.0. The van der Waals surface area contributed by atoms with Gasteiger partial charge in [0.2, 0.25) is 5.91 Å². The Morgan fingerprint density at radius 1 is 1.03 bits per heavy atom. The number of nitrogens with one attached hydrogen (secondary N) is 2. The van der Waals surface area contributed by atoms with E-state index in [1.165, 1.54) is 23.9 Å². The molecule has 3 aromatic carbocycles. The Balaban J connectivity index is 1.59. The summed E-state index contributed by atoms with van der Waals surface area (Å²) >= 11 is 7.45. The van der Waals surface area contributed by atoms with E-state index in [1.807, 2.05) is 24.3 Å². The van der Waals surface area contributed by atoms with Crippen molar-refractivity contribution in [2.45, 2.75) is 16.7 Å². The van der Waals surface area contributed by atoms with E-state index in [-0.39, 0.29) is 16.6 Å². The van der Waals surface area contributed by atoms with Crippen molar-refractivity contribution in [1.29, 1.82) is 0 Å². The molecule has 3 aromatic rings. The number of carbonyl (C=O) groups is 1. The van der Waals surface area contributed by atoms with Crippen LogP contribution in [0, 0.1) is 6.92 Å². The molecule has 0 spiro atoms. The van der Waals surface area contributed by atoms with Crippen molar-refractivity contribution in [3.05, 3.63) is 77.3 Å². The van der Waals surface area contributed by atoms with Crippen LogP contribution in [0.1, 0.15) is 5.56 Å². The minimum absolute atomic E-state index is 0.0810. The molecule has 2 N–H and O–H groups in total. The molecular weight excluding hydrogens is 456 g/mol. The standard InChI is InChI=1S/C22H21ClN2O4S2/c1-15-20(23)4-3-5-21(15)25-31(27,28)19-12-6-16(7-13-19)24-22(26)14-30-18-10-8-17(29-2)9-11-18/h3-13,25H,14H2,1-2H3,(H,24,26). The molecule has 0 aromatic heterocycles. The Hall–Kier alpha value is -2.68. The number of sulfonamides is 1. The summed E-state index contributed by atoms with van der Waals surface area (Å²) in [5.74, 6) is 0.787. The van der Waals surface area contributed by atoms with Gasteiger partial charge >= 0.3 is 0 Å². The molecule has 0 radical (unpaired) electrons. The summed E-state index contributed by atoms with van der Waals surface area (Å²) in [4.78, 5) is 13.2. The average Bonchev–Trinajstić information content (AvgIpc) is 2.76. The molecule has 0 heterocycles. The zero-order chi connectivity index (χ0) is 22.4. The summed E-state index contributed by atoms with van der Waals surface area (Å²) in [6.07, 6.45) is 0. The largest absolute Gasteiger partial charge is 0.497 e. The maximum Gasteiger partial charge on any atom is 0.261 e. The van der Waals surface area contributed by atoms with E-state index in [4.69, 9.17) is 16.3 Å². The van der Waals surface area contributed by atoms with Crippen molar-refractivity contribution in [2.24, 2.45) is 0 Å². The quantitative estimate of drug-likeness (QED) is 0.437. The summed E-state index contributed by atoms with van der Waals surface area (Å²) < 4.78 is 32.9. The second-order valence-electron chi connectivity index (χ2n) is 6.55. The molecular formula is C22H21ClN2O4S2. The highest BCUT2D eigenvalue weighted by molar-refractivity contribution is 8.00. The van der Waals surface area contributed by atoms with Crippen LogP contribution in [0.4, 0.5) is 11.4 Å². The molecule has 0 atom stereocenters. The first-order chi connectivity index (χ1) is 14.8. The van der Waals surface area contributed by atoms with Gasteiger partial charge in [-0.05, 0) is 73.2 Å². The number of amides is 1. The number of methoxy groups -OCH3 is 1. The Morgan fingerprint density at radius 3 is 2.35 bits per heavy atom. The number of hydrogen-bond donors (Lipinski definition) is 2. The number of thioether (sulfide) groups is 1. The van der Waals surface area contributed by atoms with Crippen molar-refractivity contribution < 1.29 is 17.9 Å². The monoisotopic (exact) mass is 476 g/mol. The van der Waals surface area contributed by atoms with E-state index in [2.05, 4.69) is 10.0 Å². The third-order valence-electron chi connectivity index (χ3n) is 4.39. The second kappa shape index (κ2) is 10.1. The number of carbonyl (C=O) groups excluding carboxylic acids is 1. The highest BCUT2D eigenvalue weighted by atomic mass is 35.5. The Labute approximate surface area is 191 Å². The zero-order valence-corrected chi connectivity index (χ0v) is 19.3. The van der Waals surface area contributed by atoms with Gasteiger partial charge in [-0.2, -0.15) is 0 Å². The number of hydrogen-bond acceptors (Lipinski definition) is 5. The third-order valence-corrected chi connectivity index (χ3v) is 7.19. The molecule has 0 saturated heterocycles. The van der Waals surface area contributed by atoms with Gasteiger partial charge in [-0.15, -0.1) is 11.8 Å². The fourth-order valence-electron chi connectivity index (χ4n) is 2.66. The molecule has 0 unspecified atom stereocenters. The lowest BCUT2D eigenvalue weighted by atomic mass is 10.2. The van der Waals surface area contributed by atoms with E-state index < -0.39 is 10.0 Å². The number of ether oxygens (including phenoxy) is 1. The number of halogens is 1. The van der Waals surface area contributed by atoms with Gasteiger partial charge in [-0.1, -0.05) is 17.7 Å². The Morgan fingerprint density at radius 2 is 1.71 bits per heavy atom. The molecule has 31 heavy (non-hydrogen) atoms. The first-order valence-corrected chi connectivity index (χ1v) is 12.1. The molecule has 0 aliphatic rings. The van der Waals surface area contributed by atoms with Gasteiger partial charge in [-0.25, -0.2) is 8.42 Å². The first-order valence-electron chi connectivity index (χ1n) is 9.23. The number of rotatable bonds is 8. The van der Waals surface area contributed by atoms with E-state index >= 15 is 0 Å². The molecule has 0 fully saturated rings. The summed E-state index contributed by atoms with van der Waals surface area (Å²) in [6.45, 7) is 1.74. The van der Waals surface area contributed by atoms with Crippen LogP contribution in [0.5, 0.6) is 5.75 Å². The van der Waals surface area contributed by atoms with Crippen LogP contribution < -0.4 is 14.8 Å². The van der Waals surface area contributed by atoms with Gasteiger partial charge in [-0.3, -0.25) is 9.52 Å². The maximum atomic E-state index is 12.6. The molecule has 0 aliphatic carbocycles. The zero-order valence-electron chi connectivity index (χ0n) is 16.9. The van der Waals surface area contributed by atoms with Crippen LogP contribution in [0.25, 0.3) is 0 Å². The Kier molecular flexibility index (Phi) is 7.48. The van der Waals surface area contributed by atoms with Gasteiger partial charge in [0, 0.05) is 15.6 Å². The summed E-state index contributed by atoms with van der Waals surface area (Å²) in [7, 11) is -2.19. The molecule has 0 bridgehead atoms. The molecule has 3 rings (SSSR count). The number of anilines is 2. The fourth-order valence-corrected chi connectivity index (χ4v) is 4.65. The van der Waals surface area contributed by atoms with E-state index in [0.29, 0.717) is 22.0 Å². The predicted octanol–water partition coefficient (Wildman–Crippen LogP) is 5.19. The van der Waals surface area contributed by atoms with Gasteiger partial charge in [0.25, 0.3) is 10.0 Å². The van der Waals surface area contributed by atoms with Crippen LogP contribution in [-0.4, -0.2) is 27.2 Å². The van der Waals surface area contributed by atoms with Gasteiger partial charge in [0.05, 0.1) is 23.4 Å². The van der Waals surface area contributed by atoms with Crippen molar-refractivity contribution >= 4 is 50.7 Å². The highest BCUT2D eigenvalue weighted by Gasteiger charge is 2.16. The second-order valence-corrected chi connectivity index (χ2v) is 9.69. The number of benzene rings is 3. The van der Waals surface area contributed by atoms with Crippen molar-refractivity contribution in [3.8, 4) is 5.75 Å². The van der Waals surface area contributed by atoms with Crippen molar-refractivity contribution in [3.63, 3.8) is 0 Å². The topological polar surface area (TPSA) is 84.5 Å². The van der Waals surface area contributed by atoms with Gasteiger partial charge in [0.15, 0.2) is 0 Å². The molecule has 9 heteroatoms.